The molecule has 0 unspecified atom stereocenters. The molecule has 2 rings (SSSR count). The zero-order chi connectivity index (χ0) is 21.1. The molecule has 0 saturated carbocycles. The molecule has 0 bridgehead atoms. The zero-order valence-corrected chi connectivity index (χ0v) is 16.5. The van der Waals surface area contributed by atoms with Gasteiger partial charge in [-0.05, 0) is 31.4 Å². The van der Waals surface area contributed by atoms with Crippen molar-refractivity contribution in [2.45, 2.75) is 25.7 Å². The Labute approximate surface area is 169 Å². The van der Waals surface area contributed by atoms with E-state index in [1.807, 2.05) is 30.3 Å². The van der Waals surface area contributed by atoms with Crippen LogP contribution in [0.3, 0.4) is 0 Å². The van der Waals surface area contributed by atoms with Crippen molar-refractivity contribution in [1.29, 1.82) is 0 Å². The van der Waals surface area contributed by atoms with Crippen molar-refractivity contribution in [3.05, 3.63) is 30.3 Å². The van der Waals surface area contributed by atoms with Crippen LogP contribution in [0.1, 0.15) is 25.7 Å². The van der Waals surface area contributed by atoms with Crippen LogP contribution >= 0.6 is 0 Å². The topological polar surface area (TPSA) is 114 Å². The Morgan fingerprint density at radius 3 is 2.45 bits per heavy atom. The fraction of sp³-hybridized carbons (Fsp3) is 0.500. The summed E-state index contributed by atoms with van der Waals surface area (Å²) in [7, 11) is 1.31. The number of hydrogen-bond donors (Lipinski definition) is 2. The summed E-state index contributed by atoms with van der Waals surface area (Å²) in [4.78, 5) is 48.7. The Morgan fingerprint density at radius 2 is 1.79 bits per heavy atom. The first kappa shape index (κ1) is 22.2. The van der Waals surface area contributed by atoms with Gasteiger partial charge in [-0.3, -0.25) is 14.4 Å². The van der Waals surface area contributed by atoms with Crippen LogP contribution in [0.25, 0.3) is 0 Å². The summed E-state index contributed by atoms with van der Waals surface area (Å²) in [5.41, 5.74) is 0.719. The molecule has 0 aromatic heterocycles. The molecule has 0 aliphatic carbocycles. The molecule has 1 heterocycles. The molecular formula is C20H27N3O6. The third-order valence-electron chi connectivity index (χ3n) is 4.59. The number of amides is 3. The number of esters is 2. The number of hydrogen-bond acceptors (Lipinski definition) is 6. The molecule has 1 saturated heterocycles. The second-order valence-electron chi connectivity index (χ2n) is 6.69. The van der Waals surface area contributed by atoms with Crippen molar-refractivity contribution in [2.24, 2.45) is 5.92 Å². The van der Waals surface area contributed by atoms with E-state index in [1.54, 1.807) is 4.90 Å². The maximum atomic E-state index is 12.3. The Kier molecular flexibility index (Phi) is 8.94. The van der Waals surface area contributed by atoms with Gasteiger partial charge in [0.05, 0.1) is 13.0 Å². The van der Waals surface area contributed by atoms with Crippen molar-refractivity contribution >= 4 is 29.6 Å². The van der Waals surface area contributed by atoms with Crippen LogP contribution in [0.2, 0.25) is 0 Å². The average molecular weight is 405 g/mol. The van der Waals surface area contributed by atoms with E-state index in [0.29, 0.717) is 38.9 Å². The normalized spacial score (nSPS) is 14.0. The number of anilines is 1. The van der Waals surface area contributed by atoms with Gasteiger partial charge in [0.25, 0.3) is 5.91 Å². The summed E-state index contributed by atoms with van der Waals surface area (Å²) in [6.45, 7) is 0.836. The number of nitrogens with zero attached hydrogens (tertiary/aromatic N) is 1. The van der Waals surface area contributed by atoms with Crippen molar-refractivity contribution in [2.75, 3.05) is 38.7 Å². The van der Waals surface area contributed by atoms with Crippen LogP contribution in [0.4, 0.5) is 10.5 Å². The first-order chi connectivity index (χ1) is 14.0. The fourth-order valence-corrected chi connectivity index (χ4v) is 2.91. The van der Waals surface area contributed by atoms with Crippen LogP contribution in [0.15, 0.2) is 30.3 Å². The number of benzene rings is 1. The molecule has 2 N–H and O–H groups in total. The first-order valence-electron chi connectivity index (χ1n) is 9.60. The van der Waals surface area contributed by atoms with E-state index in [0.717, 1.165) is 5.69 Å². The van der Waals surface area contributed by atoms with Gasteiger partial charge in [-0.1, -0.05) is 18.2 Å². The second-order valence-corrected chi connectivity index (χ2v) is 6.69. The summed E-state index contributed by atoms with van der Waals surface area (Å²) in [6, 6.07) is 8.97. The van der Waals surface area contributed by atoms with Gasteiger partial charge in [-0.25, -0.2) is 4.79 Å². The van der Waals surface area contributed by atoms with Gasteiger partial charge in [0.1, 0.15) is 0 Å². The lowest BCUT2D eigenvalue weighted by molar-refractivity contribution is -0.153. The van der Waals surface area contributed by atoms with Crippen LogP contribution < -0.4 is 10.6 Å². The molecule has 3 amide bonds. The van der Waals surface area contributed by atoms with Gasteiger partial charge in [-0.15, -0.1) is 0 Å². The van der Waals surface area contributed by atoms with E-state index >= 15 is 0 Å². The highest BCUT2D eigenvalue weighted by atomic mass is 16.5. The highest BCUT2D eigenvalue weighted by Gasteiger charge is 2.28. The third-order valence-corrected chi connectivity index (χ3v) is 4.59. The summed E-state index contributed by atoms with van der Waals surface area (Å²) in [5.74, 6) is -1.52. The lowest BCUT2D eigenvalue weighted by atomic mass is 9.97. The Hall–Kier alpha value is -3.10. The van der Waals surface area contributed by atoms with Crippen molar-refractivity contribution < 1.29 is 28.7 Å². The molecule has 0 spiro atoms. The van der Waals surface area contributed by atoms with E-state index in [-0.39, 0.29) is 30.9 Å². The molecule has 1 aliphatic rings. The standard InChI is InChI=1S/C20H27N3O6/c1-28-18(25)8-5-11-21-17(24)14-29-19(26)15-9-12-23(13-10-15)20(27)22-16-6-3-2-4-7-16/h2-4,6-7,15H,5,8-14H2,1H3,(H,21,24)(H,22,27). The summed E-state index contributed by atoms with van der Waals surface area (Å²) < 4.78 is 9.58. The summed E-state index contributed by atoms with van der Waals surface area (Å²) >= 11 is 0. The van der Waals surface area contributed by atoms with Crippen molar-refractivity contribution in [3.63, 3.8) is 0 Å². The van der Waals surface area contributed by atoms with Gasteiger partial charge in [0.15, 0.2) is 6.61 Å². The Bertz CT molecular complexity index is 701. The largest absolute Gasteiger partial charge is 0.469 e. The molecule has 1 fully saturated rings. The molecule has 9 heteroatoms. The van der Waals surface area contributed by atoms with Crippen LogP contribution in [-0.2, 0) is 23.9 Å². The molecule has 1 aliphatic heterocycles. The number of likely N-dealkylation sites (tertiary alicyclic amines) is 1. The minimum Gasteiger partial charge on any atom is -0.469 e. The maximum absolute atomic E-state index is 12.3. The first-order valence-corrected chi connectivity index (χ1v) is 9.60. The van der Waals surface area contributed by atoms with Crippen LogP contribution in [-0.4, -0.2) is 62.1 Å². The second kappa shape index (κ2) is 11.7. The third kappa shape index (κ3) is 7.81. The number of urea groups is 1. The van der Waals surface area contributed by atoms with Gasteiger partial charge in [-0.2, -0.15) is 0 Å². The zero-order valence-electron chi connectivity index (χ0n) is 16.5. The number of piperidine rings is 1. The van der Waals surface area contributed by atoms with Crippen LogP contribution in [0, 0.1) is 5.92 Å². The summed E-state index contributed by atoms with van der Waals surface area (Å²) in [5, 5.41) is 5.40. The molecular weight excluding hydrogens is 378 g/mol. The van der Waals surface area contributed by atoms with E-state index < -0.39 is 11.9 Å². The molecule has 0 atom stereocenters. The quantitative estimate of drug-likeness (QED) is 0.501. The number of methoxy groups -OCH3 is 1. The van der Waals surface area contributed by atoms with Crippen molar-refractivity contribution in [3.8, 4) is 0 Å². The number of para-hydroxylation sites is 1. The number of ether oxygens (including phenoxy) is 2. The number of nitrogens with one attached hydrogen (secondary N) is 2. The van der Waals surface area contributed by atoms with Crippen molar-refractivity contribution in [1.82, 2.24) is 10.2 Å². The minimum atomic E-state index is -0.433. The van der Waals surface area contributed by atoms with Gasteiger partial charge in [0, 0.05) is 31.7 Å². The Balaban J connectivity index is 1.62. The highest BCUT2D eigenvalue weighted by Crippen LogP contribution is 2.19. The number of carbonyl (C=O) groups is 4. The summed E-state index contributed by atoms with van der Waals surface area (Å²) in [6.07, 6.45) is 1.65. The van der Waals surface area contributed by atoms with E-state index in [4.69, 9.17) is 4.74 Å². The Morgan fingerprint density at radius 1 is 1.10 bits per heavy atom. The van der Waals surface area contributed by atoms with E-state index in [9.17, 15) is 19.2 Å². The molecule has 29 heavy (non-hydrogen) atoms. The predicted octanol–water partition coefficient (Wildman–Crippen LogP) is 1.54. The predicted molar refractivity (Wildman–Crippen MR) is 105 cm³/mol. The van der Waals surface area contributed by atoms with Crippen LogP contribution in [0.5, 0.6) is 0 Å². The molecule has 158 valence electrons. The lowest BCUT2D eigenvalue weighted by Crippen LogP contribution is -2.43. The molecule has 0 radical (unpaired) electrons. The minimum absolute atomic E-state index is 0.200. The monoisotopic (exact) mass is 405 g/mol. The average Bonchev–Trinajstić information content (AvgIpc) is 2.75. The smallest absolute Gasteiger partial charge is 0.321 e. The van der Waals surface area contributed by atoms with E-state index in [1.165, 1.54) is 7.11 Å². The molecule has 1 aromatic rings. The lowest BCUT2D eigenvalue weighted by Gasteiger charge is -2.30. The van der Waals surface area contributed by atoms with Gasteiger partial charge >= 0.3 is 18.0 Å². The number of carbonyl (C=O) groups excluding carboxylic acids is 4. The fourth-order valence-electron chi connectivity index (χ4n) is 2.91. The molecule has 9 nitrogen and oxygen atoms in total. The van der Waals surface area contributed by atoms with Gasteiger partial charge < -0.3 is 25.0 Å². The van der Waals surface area contributed by atoms with Gasteiger partial charge in [0.2, 0.25) is 0 Å². The molecule has 1 aromatic carbocycles. The SMILES string of the molecule is COC(=O)CCCNC(=O)COC(=O)C1CCN(C(=O)Nc2ccccc2)CC1. The van der Waals surface area contributed by atoms with E-state index in [2.05, 4.69) is 15.4 Å². The highest BCUT2D eigenvalue weighted by molar-refractivity contribution is 5.89. The maximum Gasteiger partial charge on any atom is 0.321 e. The number of rotatable bonds is 8.